The molecule has 0 fully saturated rings. The lowest BCUT2D eigenvalue weighted by Gasteiger charge is -2.32. The molecular weight excluding hydrogens is 659 g/mol. The Morgan fingerprint density at radius 2 is 0.944 bits per heavy atom. The Balaban J connectivity index is 1.11. The van der Waals surface area contributed by atoms with Gasteiger partial charge in [-0.05, 0) is 101 Å². The van der Waals surface area contributed by atoms with Crippen LogP contribution in [0.25, 0.3) is 49.0 Å². The quantitative estimate of drug-likeness (QED) is 0.168. The van der Waals surface area contributed by atoms with Crippen molar-refractivity contribution in [2.45, 2.75) is 0 Å². The van der Waals surface area contributed by atoms with Gasteiger partial charge in [0, 0.05) is 38.9 Å². The first-order valence-corrected chi connectivity index (χ1v) is 18.4. The van der Waals surface area contributed by atoms with Crippen molar-refractivity contribution in [1.82, 2.24) is 4.57 Å². The molecule has 0 amide bonds. The van der Waals surface area contributed by atoms with Crippen molar-refractivity contribution in [3.8, 4) is 17.2 Å². The number of benzene rings is 9. The highest BCUT2D eigenvalue weighted by molar-refractivity contribution is 6.15. The summed E-state index contributed by atoms with van der Waals surface area (Å²) in [6, 6.07) is 71.5. The fourth-order valence-corrected chi connectivity index (χ4v) is 8.33. The molecule has 11 rings (SSSR count). The lowest BCUT2D eigenvalue weighted by molar-refractivity contribution is 0.477. The maximum Gasteiger partial charge on any atom is 0.151 e. The molecule has 54 heavy (non-hydrogen) atoms. The second-order valence-electron chi connectivity index (χ2n) is 13.8. The van der Waals surface area contributed by atoms with Crippen LogP contribution in [-0.4, -0.2) is 4.57 Å². The van der Waals surface area contributed by atoms with E-state index in [1.54, 1.807) is 0 Å². The van der Waals surface area contributed by atoms with Crippen molar-refractivity contribution in [2.75, 3.05) is 9.80 Å². The van der Waals surface area contributed by atoms with Gasteiger partial charge in [0.25, 0.3) is 0 Å². The largest absolute Gasteiger partial charge is 0.453 e. The minimum Gasteiger partial charge on any atom is -0.453 e. The summed E-state index contributed by atoms with van der Waals surface area (Å²) in [6.45, 7) is 0. The number of rotatable bonds is 5. The van der Waals surface area contributed by atoms with E-state index in [9.17, 15) is 0 Å². The van der Waals surface area contributed by atoms with E-state index in [-0.39, 0.29) is 0 Å². The molecule has 0 atom stereocenters. The number of hydrogen-bond donors (Lipinski definition) is 0. The standard InChI is InChI=1S/C50H33N3O/c1-2-15-35(16-3-1)51(47-32-34-14-4-5-17-39(34)40-18-6-7-19-41(40)47)38-30-31-43-42-20-8-9-21-44(42)52(48(43)33-38)36-26-28-37(29-27-36)53-45-22-10-12-24-49(45)54-50-25-13-11-23-46(50)53/h1-33H. The van der Waals surface area contributed by atoms with Crippen LogP contribution in [0.2, 0.25) is 0 Å². The van der Waals surface area contributed by atoms with E-state index < -0.39 is 0 Å². The van der Waals surface area contributed by atoms with Crippen LogP contribution in [0.5, 0.6) is 11.5 Å². The minimum absolute atomic E-state index is 0.845. The van der Waals surface area contributed by atoms with E-state index in [1.807, 2.05) is 24.3 Å². The van der Waals surface area contributed by atoms with Crippen molar-refractivity contribution >= 4 is 77.5 Å². The molecule has 0 aliphatic carbocycles. The van der Waals surface area contributed by atoms with Crippen molar-refractivity contribution in [3.63, 3.8) is 0 Å². The van der Waals surface area contributed by atoms with Crippen LogP contribution >= 0.6 is 0 Å². The summed E-state index contributed by atoms with van der Waals surface area (Å²) in [4.78, 5) is 4.69. The molecule has 0 unspecified atom stereocenters. The maximum absolute atomic E-state index is 6.30. The van der Waals surface area contributed by atoms with Crippen LogP contribution in [0.1, 0.15) is 0 Å². The summed E-state index contributed by atoms with van der Waals surface area (Å²) in [6.07, 6.45) is 0. The Morgan fingerprint density at radius 1 is 0.370 bits per heavy atom. The fourth-order valence-electron chi connectivity index (χ4n) is 8.33. The molecular formula is C50H33N3O. The Bertz CT molecular complexity index is 2990. The highest BCUT2D eigenvalue weighted by Gasteiger charge is 2.26. The van der Waals surface area contributed by atoms with Crippen molar-refractivity contribution in [1.29, 1.82) is 0 Å². The minimum atomic E-state index is 0.845. The van der Waals surface area contributed by atoms with Crippen LogP contribution in [0, 0.1) is 0 Å². The summed E-state index contributed by atoms with van der Waals surface area (Å²) >= 11 is 0. The highest BCUT2D eigenvalue weighted by Crippen LogP contribution is 2.50. The van der Waals surface area contributed by atoms with Gasteiger partial charge >= 0.3 is 0 Å². The van der Waals surface area contributed by atoms with E-state index in [2.05, 4.69) is 190 Å². The van der Waals surface area contributed by atoms with Crippen LogP contribution in [-0.2, 0) is 0 Å². The molecule has 10 aromatic rings. The second kappa shape index (κ2) is 12.1. The second-order valence-corrected chi connectivity index (χ2v) is 13.8. The molecule has 1 aromatic heterocycles. The molecule has 0 N–H and O–H groups in total. The molecule has 1 aliphatic rings. The normalized spacial score (nSPS) is 12.2. The predicted molar refractivity (Wildman–Crippen MR) is 225 cm³/mol. The molecule has 2 heterocycles. The molecule has 254 valence electrons. The molecule has 0 spiro atoms. The molecule has 4 nitrogen and oxygen atoms in total. The Morgan fingerprint density at radius 3 is 1.70 bits per heavy atom. The third-order valence-corrected chi connectivity index (χ3v) is 10.7. The van der Waals surface area contributed by atoms with E-state index in [4.69, 9.17) is 4.74 Å². The first-order valence-electron chi connectivity index (χ1n) is 18.4. The van der Waals surface area contributed by atoms with Crippen molar-refractivity contribution in [2.24, 2.45) is 0 Å². The number of anilines is 6. The summed E-state index contributed by atoms with van der Waals surface area (Å²) < 4.78 is 8.70. The highest BCUT2D eigenvalue weighted by atomic mass is 16.5. The predicted octanol–water partition coefficient (Wildman–Crippen LogP) is 14.1. The summed E-state index contributed by atoms with van der Waals surface area (Å²) in [7, 11) is 0. The SMILES string of the molecule is c1ccc(N(c2ccc3c4ccccc4n(-c4ccc(N5c6ccccc6Oc6ccccc65)cc4)c3c2)c2cc3ccccc3c3ccccc23)cc1. The Hall–Kier alpha value is -7.30. The molecule has 0 bridgehead atoms. The number of nitrogens with zero attached hydrogens (tertiary/aromatic N) is 3. The third kappa shape index (κ3) is 4.70. The van der Waals surface area contributed by atoms with E-state index in [0.717, 1.165) is 56.8 Å². The van der Waals surface area contributed by atoms with E-state index in [0.29, 0.717) is 0 Å². The third-order valence-electron chi connectivity index (χ3n) is 10.7. The topological polar surface area (TPSA) is 20.6 Å². The Kier molecular flexibility index (Phi) is 6.82. The molecule has 0 saturated carbocycles. The van der Waals surface area contributed by atoms with Crippen LogP contribution < -0.4 is 14.5 Å². The summed E-state index contributed by atoms with van der Waals surface area (Å²) in [5.74, 6) is 1.69. The zero-order valence-electron chi connectivity index (χ0n) is 29.3. The number of para-hydroxylation sites is 6. The first-order chi connectivity index (χ1) is 26.8. The van der Waals surface area contributed by atoms with Gasteiger partial charge in [-0.25, -0.2) is 0 Å². The van der Waals surface area contributed by atoms with Gasteiger partial charge in [0.05, 0.1) is 28.1 Å². The molecule has 9 aromatic carbocycles. The van der Waals surface area contributed by atoms with Gasteiger partial charge in [-0.15, -0.1) is 0 Å². The molecule has 0 radical (unpaired) electrons. The van der Waals surface area contributed by atoms with Gasteiger partial charge in [0.1, 0.15) is 0 Å². The van der Waals surface area contributed by atoms with Crippen LogP contribution in [0.15, 0.2) is 200 Å². The number of fused-ring (bicyclic) bond motifs is 8. The van der Waals surface area contributed by atoms with Gasteiger partial charge in [-0.1, -0.05) is 115 Å². The maximum atomic E-state index is 6.30. The monoisotopic (exact) mass is 691 g/mol. The van der Waals surface area contributed by atoms with Gasteiger partial charge < -0.3 is 19.1 Å². The Labute approximate surface area is 312 Å². The van der Waals surface area contributed by atoms with Crippen LogP contribution in [0.4, 0.5) is 34.1 Å². The van der Waals surface area contributed by atoms with Crippen molar-refractivity contribution in [3.05, 3.63) is 200 Å². The van der Waals surface area contributed by atoms with Gasteiger partial charge in [-0.2, -0.15) is 0 Å². The zero-order chi connectivity index (χ0) is 35.6. The summed E-state index contributed by atoms with van der Waals surface area (Å²) in [5, 5.41) is 7.36. The number of hydrogen-bond acceptors (Lipinski definition) is 3. The fraction of sp³-hybridized carbons (Fsp3) is 0. The van der Waals surface area contributed by atoms with Crippen LogP contribution in [0.3, 0.4) is 0 Å². The molecule has 1 aliphatic heterocycles. The average Bonchev–Trinajstić information content (AvgIpc) is 3.57. The smallest absolute Gasteiger partial charge is 0.151 e. The zero-order valence-corrected chi connectivity index (χ0v) is 29.3. The molecule has 4 heteroatoms. The van der Waals surface area contributed by atoms with Gasteiger partial charge in [0.15, 0.2) is 11.5 Å². The molecule has 0 saturated heterocycles. The lowest BCUT2D eigenvalue weighted by atomic mass is 9.99. The average molecular weight is 692 g/mol. The van der Waals surface area contributed by atoms with Crippen molar-refractivity contribution < 1.29 is 4.74 Å². The number of aromatic nitrogens is 1. The number of ether oxygens (including phenoxy) is 1. The lowest BCUT2D eigenvalue weighted by Crippen LogP contribution is -2.15. The van der Waals surface area contributed by atoms with E-state index in [1.165, 1.54) is 37.8 Å². The van der Waals surface area contributed by atoms with E-state index >= 15 is 0 Å². The first kappa shape index (κ1) is 30.3. The van der Waals surface area contributed by atoms with Gasteiger partial charge in [-0.3, -0.25) is 0 Å². The summed E-state index contributed by atoms with van der Waals surface area (Å²) in [5.41, 5.74) is 9.87. The van der Waals surface area contributed by atoms with Gasteiger partial charge in [0.2, 0.25) is 0 Å².